The maximum Gasteiger partial charge on any atom is 0.256 e. The van der Waals surface area contributed by atoms with E-state index in [1.807, 2.05) is 22.7 Å². The van der Waals surface area contributed by atoms with E-state index in [0.717, 1.165) is 18.8 Å². The molecule has 1 unspecified atom stereocenters. The van der Waals surface area contributed by atoms with Crippen LogP contribution in [0.1, 0.15) is 17.3 Å². The predicted molar refractivity (Wildman–Crippen MR) is 69.8 cm³/mol. The molecule has 3 nitrogen and oxygen atoms in total. The van der Waals surface area contributed by atoms with Gasteiger partial charge in [0, 0.05) is 30.3 Å². The van der Waals surface area contributed by atoms with Gasteiger partial charge in [0.15, 0.2) is 0 Å². The summed E-state index contributed by atoms with van der Waals surface area (Å²) in [6, 6.07) is 3.60. The van der Waals surface area contributed by atoms with Crippen LogP contribution in [0.4, 0.5) is 0 Å². The number of rotatable bonds is 1. The maximum atomic E-state index is 12.2. The summed E-state index contributed by atoms with van der Waals surface area (Å²) in [5.74, 6) is 1.09. The summed E-state index contributed by atoms with van der Waals surface area (Å²) in [5.41, 5.74) is 0.654. The number of hydrogen-bond donors (Lipinski definition) is 0. The number of halogens is 1. The van der Waals surface area contributed by atoms with Crippen molar-refractivity contribution in [1.29, 1.82) is 0 Å². The Bertz CT molecular complexity index is 399. The van der Waals surface area contributed by atoms with Gasteiger partial charge in [-0.15, -0.1) is 0 Å². The van der Waals surface area contributed by atoms with Crippen LogP contribution in [0.2, 0.25) is 0 Å². The van der Waals surface area contributed by atoms with Crippen molar-refractivity contribution in [2.45, 2.75) is 12.2 Å². The van der Waals surface area contributed by atoms with Crippen LogP contribution in [0.3, 0.4) is 0 Å². The van der Waals surface area contributed by atoms with E-state index < -0.39 is 0 Å². The summed E-state index contributed by atoms with van der Waals surface area (Å²) in [6.07, 6.45) is 1.68. The van der Waals surface area contributed by atoms with Crippen molar-refractivity contribution in [2.24, 2.45) is 0 Å². The van der Waals surface area contributed by atoms with Crippen LogP contribution in [0, 0.1) is 0 Å². The molecule has 0 saturated carbocycles. The van der Waals surface area contributed by atoms with E-state index in [2.05, 4.69) is 27.8 Å². The number of carbonyl (C=O) groups excluding carboxylic acids is 1. The molecule has 86 valence electrons. The van der Waals surface area contributed by atoms with Gasteiger partial charge in [-0.05, 0) is 28.1 Å². The molecule has 0 aromatic carbocycles. The van der Waals surface area contributed by atoms with Gasteiger partial charge in [0.05, 0.1) is 5.56 Å². The molecule has 5 heteroatoms. The van der Waals surface area contributed by atoms with E-state index in [4.69, 9.17) is 0 Å². The van der Waals surface area contributed by atoms with Gasteiger partial charge in [-0.2, -0.15) is 11.8 Å². The average Bonchev–Trinajstić information content (AvgIpc) is 2.29. The van der Waals surface area contributed by atoms with Crippen molar-refractivity contribution < 1.29 is 4.79 Å². The molecule has 1 aliphatic rings. The molecule has 1 aromatic heterocycles. The lowest BCUT2D eigenvalue weighted by atomic mass is 10.2. The second-order valence-electron chi connectivity index (χ2n) is 3.77. The molecule has 1 fully saturated rings. The van der Waals surface area contributed by atoms with Crippen LogP contribution in [0.15, 0.2) is 22.9 Å². The number of nitrogens with zero attached hydrogens (tertiary/aromatic N) is 2. The third-order valence-corrected chi connectivity index (χ3v) is 4.29. The number of aromatic nitrogens is 1. The fourth-order valence-electron chi connectivity index (χ4n) is 1.72. The van der Waals surface area contributed by atoms with Gasteiger partial charge in [0.25, 0.3) is 5.91 Å². The number of hydrogen-bond acceptors (Lipinski definition) is 3. The molecular weight excluding hydrogens is 288 g/mol. The minimum atomic E-state index is 0.0760. The molecule has 1 aliphatic heterocycles. The van der Waals surface area contributed by atoms with Crippen LogP contribution in [-0.2, 0) is 0 Å². The fraction of sp³-hybridized carbons (Fsp3) is 0.455. The summed E-state index contributed by atoms with van der Waals surface area (Å²) in [5, 5.41) is 0.521. The van der Waals surface area contributed by atoms with E-state index in [1.165, 1.54) is 0 Å². The largest absolute Gasteiger partial charge is 0.337 e. The van der Waals surface area contributed by atoms with Crippen molar-refractivity contribution in [3.05, 3.63) is 28.5 Å². The molecule has 0 N–H and O–H groups in total. The number of thioether (sulfide) groups is 1. The lowest BCUT2D eigenvalue weighted by Gasteiger charge is -2.30. The molecule has 2 rings (SSSR count). The van der Waals surface area contributed by atoms with E-state index in [1.54, 1.807) is 12.3 Å². The van der Waals surface area contributed by atoms with Gasteiger partial charge in [-0.3, -0.25) is 4.79 Å². The van der Waals surface area contributed by atoms with Crippen LogP contribution in [0.5, 0.6) is 0 Å². The number of carbonyl (C=O) groups is 1. The Labute approximate surface area is 108 Å². The zero-order valence-corrected chi connectivity index (χ0v) is 11.4. The SMILES string of the molecule is CC1CN(C(=O)c2cccnc2Br)CCS1. The first-order valence-electron chi connectivity index (χ1n) is 5.20. The highest BCUT2D eigenvalue weighted by Crippen LogP contribution is 2.21. The molecule has 0 bridgehead atoms. The summed E-state index contributed by atoms with van der Waals surface area (Å²) >= 11 is 5.23. The molecule has 0 spiro atoms. The first-order chi connectivity index (χ1) is 7.68. The summed E-state index contributed by atoms with van der Waals surface area (Å²) in [6.45, 7) is 3.81. The van der Waals surface area contributed by atoms with Gasteiger partial charge in [0.2, 0.25) is 0 Å². The van der Waals surface area contributed by atoms with Crippen LogP contribution >= 0.6 is 27.7 Å². The molecule has 1 amide bonds. The molecule has 1 atom stereocenters. The molecule has 16 heavy (non-hydrogen) atoms. The Morgan fingerprint density at radius 3 is 3.19 bits per heavy atom. The van der Waals surface area contributed by atoms with Crippen molar-refractivity contribution in [2.75, 3.05) is 18.8 Å². The van der Waals surface area contributed by atoms with E-state index in [0.29, 0.717) is 15.4 Å². The van der Waals surface area contributed by atoms with Gasteiger partial charge >= 0.3 is 0 Å². The second kappa shape index (κ2) is 5.19. The lowest BCUT2D eigenvalue weighted by Crippen LogP contribution is -2.41. The van der Waals surface area contributed by atoms with Crippen molar-refractivity contribution in [3.8, 4) is 0 Å². The smallest absolute Gasteiger partial charge is 0.256 e. The summed E-state index contributed by atoms with van der Waals surface area (Å²) in [4.78, 5) is 18.2. The molecule has 1 saturated heterocycles. The predicted octanol–water partition coefficient (Wildman–Crippen LogP) is 2.42. The van der Waals surface area contributed by atoms with Gasteiger partial charge in [0.1, 0.15) is 4.60 Å². The number of amides is 1. The van der Waals surface area contributed by atoms with Crippen LogP contribution < -0.4 is 0 Å². The minimum absolute atomic E-state index is 0.0760. The van der Waals surface area contributed by atoms with E-state index in [9.17, 15) is 4.79 Å². The monoisotopic (exact) mass is 300 g/mol. The van der Waals surface area contributed by atoms with Crippen LogP contribution in [-0.4, -0.2) is 39.9 Å². The zero-order chi connectivity index (χ0) is 11.5. The van der Waals surface area contributed by atoms with Gasteiger partial charge in [-0.25, -0.2) is 4.98 Å². The molecule has 0 radical (unpaired) electrons. The van der Waals surface area contributed by atoms with Gasteiger partial charge in [-0.1, -0.05) is 6.92 Å². The molecule has 0 aliphatic carbocycles. The lowest BCUT2D eigenvalue weighted by molar-refractivity contribution is 0.0761. The third-order valence-electron chi connectivity index (χ3n) is 2.52. The highest BCUT2D eigenvalue weighted by molar-refractivity contribution is 9.10. The molecular formula is C11H13BrN2OS. The maximum absolute atomic E-state index is 12.2. The normalized spacial score (nSPS) is 20.9. The summed E-state index contributed by atoms with van der Waals surface area (Å²) < 4.78 is 0.630. The average molecular weight is 301 g/mol. The second-order valence-corrected chi connectivity index (χ2v) is 6.07. The third kappa shape index (κ3) is 2.58. The van der Waals surface area contributed by atoms with Crippen molar-refractivity contribution >= 4 is 33.6 Å². The van der Waals surface area contributed by atoms with Crippen molar-refractivity contribution in [1.82, 2.24) is 9.88 Å². The highest BCUT2D eigenvalue weighted by Gasteiger charge is 2.23. The highest BCUT2D eigenvalue weighted by atomic mass is 79.9. The molecule has 1 aromatic rings. The summed E-state index contributed by atoms with van der Waals surface area (Å²) in [7, 11) is 0. The Hall–Kier alpha value is -0.550. The quantitative estimate of drug-likeness (QED) is 0.747. The standard InChI is InChI=1S/C11H13BrN2OS/c1-8-7-14(5-6-16-8)11(15)9-3-2-4-13-10(9)12/h2-4,8H,5-7H2,1H3. The van der Waals surface area contributed by atoms with E-state index in [-0.39, 0.29) is 5.91 Å². The number of pyridine rings is 1. The van der Waals surface area contributed by atoms with Gasteiger partial charge < -0.3 is 4.90 Å². The Kier molecular flexibility index (Phi) is 3.86. The Morgan fingerprint density at radius 1 is 1.69 bits per heavy atom. The fourth-order valence-corrected chi connectivity index (χ4v) is 3.15. The van der Waals surface area contributed by atoms with Crippen LogP contribution in [0.25, 0.3) is 0 Å². The molecule has 2 heterocycles. The van der Waals surface area contributed by atoms with E-state index >= 15 is 0 Å². The first-order valence-corrected chi connectivity index (χ1v) is 7.04. The van der Waals surface area contributed by atoms with Crippen molar-refractivity contribution in [3.63, 3.8) is 0 Å². The Balaban J connectivity index is 2.16. The minimum Gasteiger partial charge on any atom is -0.337 e. The Morgan fingerprint density at radius 2 is 2.50 bits per heavy atom. The zero-order valence-electron chi connectivity index (χ0n) is 9.02. The topological polar surface area (TPSA) is 33.2 Å². The first kappa shape index (κ1) is 11.9.